The molecule has 0 spiro atoms. The Balaban J connectivity index is 1.33. The van der Waals surface area contributed by atoms with E-state index >= 15 is 0 Å². The molecule has 0 fully saturated rings. The standard InChI is InChI=1S/C25H23N3O4/c1-27(14-18-11-12-22-23(13-18)32-17-31-22)25(29)15-28-21-10-6-5-9-20(21)26-24(28)16-30-19-7-3-2-4-8-19/h2-13H,14-17H2,1H3. The summed E-state index contributed by atoms with van der Waals surface area (Å²) in [6.07, 6.45) is 0. The highest BCUT2D eigenvalue weighted by atomic mass is 16.7. The first-order chi connectivity index (χ1) is 15.7. The van der Waals surface area contributed by atoms with E-state index in [-0.39, 0.29) is 25.9 Å². The van der Waals surface area contributed by atoms with Gasteiger partial charge in [0.25, 0.3) is 0 Å². The van der Waals surface area contributed by atoms with E-state index in [9.17, 15) is 4.79 Å². The van der Waals surface area contributed by atoms with Crippen LogP contribution in [-0.4, -0.2) is 34.2 Å². The van der Waals surface area contributed by atoms with E-state index < -0.39 is 0 Å². The minimum atomic E-state index is -0.0215. The molecule has 5 rings (SSSR count). The minimum Gasteiger partial charge on any atom is -0.486 e. The molecule has 0 N–H and O–H groups in total. The molecule has 0 radical (unpaired) electrons. The predicted octanol–water partition coefficient (Wildman–Crippen LogP) is 4.00. The largest absolute Gasteiger partial charge is 0.486 e. The number of likely N-dealkylation sites (N-methyl/N-ethyl adjacent to an activating group) is 1. The van der Waals surface area contributed by atoms with Crippen LogP contribution in [0.25, 0.3) is 11.0 Å². The third-order valence-corrected chi connectivity index (χ3v) is 5.42. The zero-order chi connectivity index (χ0) is 21.9. The summed E-state index contributed by atoms with van der Waals surface area (Å²) in [5.41, 5.74) is 2.72. The van der Waals surface area contributed by atoms with Gasteiger partial charge >= 0.3 is 0 Å². The van der Waals surface area contributed by atoms with Crippen molar-refractivity contribution in [1.29, 1.82) is 0 Å². The van der Waals surface area contributed by atoms with E-state index in [1.54, 1.807) is 11.9 Å². The SMILES string of the molecule is CN(Cc1ccc2c(c1)OCO2)C(=O)Cn1c(COc2ccccc2)nc2ccccc21. The van der Waals surface area contributed by atoms with Crippen molar-refractivity contribution < 1.29 is 19.0 Å². The van der Waals surface area contributed by atoms with Crippen LogP contribution in [-0.2, 0) is 24.5 Å². The van der Waals surface area contributed by atoms with E-state index in [1.165, 1.54) is 0 Å². The van der Waals surface area contributed by atoms with E-state index in [0.29, 0.717) is 18.1 Å². The van der Waals surface area contributed by atoms with Gasteiger partial charge in [-0.25, -0.2) is 4.98 Å². The number of carbonyl (C=O) groups is 1. The Kier molecular flexibility index (Phi) is 5.37. The minimum absolute atomic E-state index is 0.0215. The van der Waals surface area contributed by atoms with Crippen molar-refractivity contribution in [1.82, 2.24) is 14.5 Å². The first-order valence-electron chi connectivity index (χ1n) is 10.4. The number of aromatic nitrogens is 2. The van der Waals surface area contributed by atoms with Crippen molar-refractivity contribution in [3.63, 3.8) is 0 Å². The number of hydrogen-bond acceptors (Lipinski definition) is 5. The van der Waals surface area contributed by atoms with E-state index in [4.69, 9.17) is 19.2 Å². The topological polar surface area (TPSA) is 65.8 Å². The summed E-state index contributed by atoms with van der Waals surface area (Å²) in [6, 6.07) is 23.1. The number of ether oxygens (including phenoxy) is 3. The highest BCUT2D eigenvalue weighted by molar-refractivity contribution is 5.81. The molecule has 7 heteroatoms. The summed E-state index contributed by atoms with van der Waals surface area (Å²) in [6.45, 7) is 1.15. The molecule has 0 bridgehead atoms. The average Bonchev–Trinajstić information content (AvgIpc) is 3.42. The van der Waals surface area contributed by atoms with E-state index in [1.807, 2.05) is 77.4 Å². The number of imidazole rings is 1. The van der Waals surface area contributed by atoms with Gasteiger partial charge in [0.05, 0.1) is 11.0 Å². The molecule has 0 atom stereocenters. The molecule has 162 valence electrons. The van der Waals surface area contributed by atoms with Gasteiger partial charge in [0.15, 0.2) is 11.5 Å². The smallest absolute Gasteiger partial charge is 0.242 e. The molecule has 1 aliphatic rings. The lowest BCUT2D eigenvalue weighted by Crippen LogP contribution is -2.30. The van der Waals surface area contributed by atoms with E-state index in [0.717, 1.165) is 28.1 Å². The molecule has 4 aromatic rings. The highest BCUT2D eigenvalue weighted by Crippen LogP contribution is 2.32. The fraction of sp³-hybridized carbons (Fsp3) is 0.200. The normalized spacial score (nSPS) is 12.2. The van der Waals surface area contributed by atoms with Gasteiger partial charge in [-0.15, -0.1) is 0 Å². The Morgan fingerprint density at radius 1 is 1.03 bits per heavy atom. The maximum Gasteiger partial charge on any atom is 0.242 e. The lowest BCUT2D eigenvalue weighted by molar-refractivity contribution is -0.131. The number of para-hydroxylation sites is 3. The van der Waals surface area contributed by atoms with Crippen LogP contribution in [0.15, 0.2) is 72.8 Å². The Morgan fingerprint density at radius 3 is 2.69 bits per heavy atom. The predicted molar refractivity (Wildman–Crippen MR) is 120 cm³/mol. The molecule has 3 aromatic carbocycles. The Bertz CT molecular complexity index is 1250. The second kappa shape index (κ2) is 8.63. The van der Waals surface area contributed by atoms with Crippen molar-refractivity contribution in [2.75, 3.05) is 13.8 Å². The van der Waals surface area contributed by atoms with Crippen molar-refractivity contribution in [3.8, 4) is 17.2 Å². The molecule has 0 aliphatic carbocycles. The summed E-state index contributed by atoms with van der Waals surface area (Å²) >= 11 is 0. The van der Waals surface area contributed by atoms with Gasteiger partial charge in [-0.2, -0.15) is 0 Å². The number of rotatable bonds is 7. The maximum absolute atomic E-state index is 13.1. The second-order valence-electron chi connectivity index (χ2n) is 7.64. The van der Waals surface area contributed by atoms with Crippen LogP contribution in [0.1, 0.15) is 11.4 Å². The second-order valence-corrected chi connectivity index (χ2v) is 7.64. The molecule has 2 heterocycles. The molecule has 0 saturated carbocycles. The Morgan fingerprint density at radius 2 is 1.81 bits per heavy atom. The third-order valence-electron chi connectivity index (χ3n) is 5.42. The summed E-state index contributed by atoms with van der Waals surface area (Å²) in [5.74, 6) is 2.89. The van der Waals surface area contributed by atoms with Crippen LogP contribution in [0.4, 0.5) is 0 Å². The Labute approximate surface area is 185 Å². The lowest BCUT2D eigenvalue weighted by atomic mass is 10.2. The van der Waals surface area contributed by atoms with E-state index in [2.05, 4.69) is 0 Å². The number of benzene rings is 3. The van der Waals surface area contributed by atoms with Crippen LogP contribution >= 0.6 is 0 Å². The molecule has 1 aromatic heterocycles. The van der Waals surface area contributed by atoms with Crippen molar-refractivity contribution in [2.24, 2.45) is 0 Å². The number of hydrogen-bond donors (Lipinski definition) is 0. The van der Waals surface area contributed by atoms with Crippen LogP contribution < -0.4 is 14.2 Å². The van der Waals surface area contributed by atoms with Crippen LogP contribution in [0.5, 0.6) is 17.2 Å². The number of carbonyl (C=O) groups excluding carboxylic acids is 1. The zero-order valence-corrected chi connectivity index (χ0v) is 17.7. The molecular formula is C25H23N3O4. The van der Waals surface area contributed by atoms with Gasteiger partial charge in [0.2, 0.25) is 12.7 Å². The molecule has 0 saturated heterocycles. The van der Waals surface area contributed by atoms with Gasteiger partial charge in [-0.1, -0.05) is 36.4 Å². The first-order valence-corrected chi connectivity index (χ1v) is 10.4. The number of amides is 1. The summed E-state index contributed by atoms with van der Waals surface area (Å²) < 4.78 is 18.6. The lowest BCUT2D eigenvalue weighted by Gasteiger charge is -2.19. The van der Waals surface area contributed by atoms with Gasteiger partial charge in [0, 0.05) is 13.6 Å². The van der Waals surface area contributed by atoms with Gasteiger partial charge in [-0.3, -0.25) is 4.79 Å². The quantitative estimate of drug-likeness (QED) is 0.444. The number of fused-ring (bicyclic) bond motifs is 2. The Hall–Kier alpha value is -4.00. The van der Waals surface area contributed by atoms with Crippen LogP contribution in [0.3, 0.4) is 0 Å². The van der Waals surface area contributed by atoms with Gasteiger partial charge in [0.1, 0.15) is 24.7 Å². The van der Waals surface area contributed by atoms with Crippen molar-refractivity contribution in [2.45, 2.75) is 19.7 Å². The molecule has 1 amide bonds. The average molecular weight is 429 g/mol. The fourth-order valence-electron chi connectivity index (χ4n) is 3.73. The third kappa shape index (κ3) is 4.09. The molecule has 7 nitrogen and oxygen atoms in total. The van der Waals surface area contributed by atoms with Crippen molar-refractivity contribution in [3.05, 3.63) is 84.2 Å². The monoisotopic (exact) mass is 429 g/mol. The van der Waals surface area contributed by atoms with Crippen LogP contribution in [0, 0.1) is 0 Å². The summed E-state index contributed by atoms with van der Waals surface area (Å²) in [7, 11) is 1.80. The summed E-state index contributed by atoms with van der Waals surface area (Å²) in [4.78, 5) is 19.5. The van der Waals surface area contributed by atoms with Crippen molar-refractivity contribution >= 4 is 16.9 Å². The maximum atomic E-state index is 13.1. The van der Waals surface area contributed by atoms with Crippen LogP contribution in [0.2, 0.25) is 0 Å². The first kappa shape index (κ1) is 19.9. The fourth-order valence-corrected chi connectivity index (χ4v) is 3.73. The van der Waals surface area contributed by atoms with Gasteiger partial charge in [-0.05, 0) is 42.0 Å². The molecule has 32 heavy (non-hydrogen) atoms. The highest BCUT2D eigenvalue weighted by Gasteiger charge is 2.18. The summed E-state index contributed by atoms with van der Waals surface area (Å²) in [5, 5.41) is 0. The zero-order valence-electron chi connectivity index (χ0n) is 17.7. The van der Waals surface area contributed by atoms with Gasteiger partial charge < -0.3 is 23.7 Å². The molecule has 1 aliphatic heterocycles. The molecule has 0 unspecified atom stereocenters. The number of nitrogens with zero attached hydrogens (tertiary/aromatic N) is 3. The molecular weight excluding hydrogens is 406 g/mol.